The third-order valence-electron chi connectivity index (χ3n) is 17.7. The van der Waals surface area contributed by atoms with Gasteiger partial charge in [0, 0.05) is 98.9 Å². The molecule has 1 aliphatic carbocycles. The van der Waals surface area contributed by atoms with Crippen LogP contribution in [-0.4, -0.2) is 124 Å². The summed E-state index contributed by atoms with van der Waals surface area (Å²) in [6.07, 6.45) is 8.97. The summed E-state index contributed by atoms with van der Waals surface area (Å²) < 4.78 is 41.5. The Morgan fingerprint density at radius 2 is 1.55 bits per heavy atom. The predicted octanol–water partition coefficient (Wildman–Crippen LogP) is 8.09. The minimum Gasteiger partial charge on any atom is -0.507 e. The molecule has 6 aliphatic rings. The molecule has 19 heteroatoms. The number of allylic oxidation sites excluding steroid dienone is 2. The number of phenolic OH excluding ortho intramolecular Hbond substituents is 3. The molecule has 5 bridgehead atoms. The standard InChI is InChI=1S/C61H78FN5O13/c1-29-13-12-14-30(2)59(75)64-47-50(65-22-18-40(19-23-65)63-26-38-17-21-66(27-38)49-33(5)48-41(39-15-16-39)25-31(3)60(76)67(48)28-42(49)62)55(73)44-45(54(47)72)53(71)36(8)57-46(44)58(74)61(10,80-57)78-24-20-43(77-11)32(4)56(79-37(9)68)35(7)52(70)34(6)51(29)69/h12-14,20,24-25,28-29,32,34-35,38-40,43,51-52,56,63,69-73H,15-19,21-23,26-27H2,1-11H3,(H,64,75)/b13-12+,24-20+,30-14-/t29-,32+,34+,35+,38-,43-,51-,52+,56+,61-/m0/s1. The Kier molecular flexibility index (Phi) is 16.5. The summed E-state index contributed by atoms with van der Waals surface area (Å²) in [6, 6.07) is 2.00. The molecular weight excluding hydrogens is 1030 g/mol. The number of halogens is 1. The van der Waals surface area contributed by atoms with Crippen molar-refractivity contribution in [2.45, 2.75) is 144 Å². The highest BCUT2D eigenvalue weighted by atomic mass is 19.1. The van der Waals surface area contributed by atoms with Crippen LogP contribution in [0.2, 0.25) is 0 Å². The van der Waals surface area contributed by atoms with E-state index >= 15 is 4.39 Å². The Balaban J connectivity index is 1.01. The minimum atomic E-state index is -2.08. The molecule has 80 heavy (non-hydrogen) atoms. The van der Waals surface area contributed by atoms with Crippen LogP contribution in [0.15, 0.2) is 53.2 Å². The zero-order chi connectivity index (χ0) is 58.0. The Morgan fingerprint density at radius 1 is 0.863 bits per heavy atom. The lowest BCUT2D eigenvalue weighted by atomic mass is 9.78. The molecule has 2 aromatic carbocycles. The van der Waals surface area contributed by atoms with Crippen molar-refractivity contribution in [3.8, 4) is 23.0 Å². The number of carbonyl (C=O) groups excluding carboxylic acids is 3. The molecule has 5 aliphatic heterocycles. The van der Waals surface area contributed by atoms with E-state index in [0.29, 0.717) is 62.7 Å². The number of nitrogens with zero attached hydrogens (tertiary/aromatic N) is 3. The number of aliphatic hydroxyl groups is 2. The molecule has 2 aromatic heterocycles. The van der Waals surface area contributed by atoms with Crippen molar-refractivity contribution in [3.63, 3.8) is 0 Å². The fraction of sp³-hybridized carbons (Fsp3) is 0.541. The van der Waals surface area contributed by atoms with Gasteiger partial charge in [-0.15, -0.1) is 0 Å². The fourth-order valence-electron chi connectivity index (χ4n) is 12.7. The number of amides is 1. The van der Waals surface area contributed by atoms with E-state index in [9.17, 15) is 44.7 Å². The van der Waals surface area contributed by atoms with Crippen LogP contribution in [0.25, 0.3) is 16.3 Å². The van der Waals surface area contributed by atoms with E-state index in [4.69, 9.17) is 18.9 Å². The van der Waals surface area contributed by atoms with Gasteiger partial charge in [0.2, 0.25) is 0 Å². The van der Waals surface area contributed by atoms with E-state index in [2.05, 4.69) is 15.5 Å². The molecule has 0 radical (unpaired) electrons. The maximum absolute atomic E-state index is 16.0. The number of aryl methyl sites for hydroxylation is 2. The van der Waals surface area contributed by atoms with Crippen LogP contribution in [0.3, 0.4) is 0 Å². The van der Waals surface area contributed by atoms with Gasteiger partial charge in [0.25, 0.3) is 17.2 Å². The third kappa shape index (κ3) is 10.6. The molecule has 7 N–H and O–H groups in total. The van der Waals surface area contributed by atoms with Gasteiger partial charge in [-0.05, 0) is 101 Å². The van der Waals surface area contributed by atoms with Gasteiger partial charge >= 0.3 is 11.8 Å². The highest BCUT2D eigenvalue weighted by molar-refractivity contribution is 6.23. The maximum atomic E-state index is 16.0. The van der Waals surface area contributed by atoms with Crippen LogP contribution < -0.4 is 30.7 Å². The number of carbonyl (C=O) groups is 3. The number of hydrogen-bond donors (Lipinski definition) is 7. The van der Waals surface area contributed by atoms with E-state index in [1.165, 1.54) is 56.9 Å². The fourth-order valence-corrected chi connectivity index (χ4v) is 12.7. The van der Waals surface area contributed by atoms with Crippen LogP contribution in [0, 0.1) is 56.2 Å². The number of fused-ring (bicyclic) bond motifs is 15. The monoisotopic (exact) mass is 1110 g/mol. The highest BCUT2D eigenvalue weighted by Crippen LogP contribution is 2.58. The molecule has 10 atom stereocenters. The average Bonchev–Trinajstić information content (AvgIpc) is 4.30. The molecule has 0 spiro atoms. The number of benzene rings is 2. The van der Waals surface area contributed by atoms with E-state index in [-0.39, 0.29) is 62.1 Å². The zero-order valence-corrected chi connectivity index (χ0v) is 47.7. The number of pyridine rings is 2. The number of ether oxygens (including phenoxy) is 4. The van der Waals surface area contributed by atoms with Crippen molar-refractivity contribution in [1.82, 2.24) is 9.72 Å². The summed E-state index contributed by atoms with van der Waals surface area (Å²) in [5, 5.41) is 66.2. The molecule has 1 amide bonds. The van der Waals surface area contributed by atoms with Gasteiger partial charge in [-0.25, -0.2) is 4.39 Å². The molecule has 2 saturated heterocycles. The lowest BCUT2D eigenvalue weighted by Crippen LogP contribution is -2.46. The van der Waals surface area contributed by atoms with Crippen molar-refractivity contribution in [2.24, 2.45) is 29.6 Å². The summed E-state index contributed by atoms with van der Waals surface area (Å²) in [4.78, 5) is 58.6. The van der Waals surface area contributed by atoms with Gasteiger partial charge < -0.3 is 64.9 Å². The second kappa shape index (κ2) is 22.7. The summed E-state index contributed by atoms with van der Waals surface area (Å²) in [5.74, 6) is -8.20. The molecule has 10 rings (SSSR count). The number of piperidine rings is 1. The van der Waals surface area contributed by atoms with Crippen molar-refractivity contribution in [1.29, 1.82) is 0 Å². The number of Topliss-reactive ketones (excluding diaryl/α,β-unsaturated/α-hetero) is 1. The molecule has 18 nitrogen and oxygen atoms in total. The highest BCUT2D eigenvalue weighted by Gasteiger charge is 2.50. The zero-order valence-electron chi connectivity index (χ0n) is 47.7. The first-order valence-electron chi connectivity index (χ1n) is 28.0. The topological polar surface area (TPSA) is 241 Å². The number of anilines is 3. The predicted molar refractivity (Wildman–Crippen MR) is 302 cm³/mol. The minimum absolute atomic E-state index is 0.0199. The summed E-state index contributed by atoms with van der Waals surface area (Å²) in [5.41, 5.74) is 3.50. The molecule has 4 aromatic rings. The van der Waals surface area contributed by atoms with Crippen LogP contribution >= 0.6 is 0 Å². The quantitative estimate of drug-likeness (QED) is 0.0501. The van der Waals surface area contributed by atoms with Crippen molar-refractivity contribution >= 4 is 51.0 Å². The first-order chi connectivity index (χ1) is 37.9. The number of aliphatic hydroxyl groups excluding tert-OH is 2. The van der Waals surface area contributed by atoms with Gasteiger partial charge in [0.1, 0.15) is 34.7 Å². The van der Waals surface area contributed by atoms with Gasteiger partial charge in [0.05, 0.1) is 52.9 Å². The number of rotatable bonds is 8. The number of aromatic hydroxyl groups is 3. The van der Waals surface area contributed by atoms with Crippen LogP contribution in [0.1, 0.15) is 119 Å². The largest absolute Gasteiger partial charge is 0.507 e. The average molecular weight is 1110 g/mol. The Labute approximate surface area is 465 Å². The molecule has 7 heterocycles. The van der Waals surface area contributed by atoms with Gasteiger partial charge in [-0.1, -0.05) is 45.9 Å². The lowest BCUT2D eigenvalue weighted by Gasteiger charge is -2.38. The van der Waals surface area contributed by atoms with Gasteiger partial charge in [-0.3, -0.25) is 23.6 Å². The summed E-state index contributed by atoms with van der Waals surface area (Å²) >= 11 is 0. The van der Waals surface area contributed by atoms with Crippen molar-refractivity contribution in [3.05, 3.63) is 92.4 Å². The van der Waals surface area contributed by atoms with Crippen molar-refractivity contribution < 1.29 is 63.3 Å². The number of phenols is 3. The Bertz CT molecular complexity index is 3270. The first kappa shape index (κ1) is 58.0. The van der Waals surface area contributed by atoms with Gasteiger partial charge in [-0.2, -0.15) is 0 Å². The number of ketones is 1. The Morgan fingerprint density at radius 3 is 2.21 bits per heavy atom. The smallest absolute Gasteiger partial charge is 0.312 e. The van der Waals surface area contributed by atoms with Crippen LogP contribution in [0.5, 0.6) is 23.0 Å². The number of methoxy groups -OCH3 is 1. The third-order valence-corrected chi connectivity index (χ3v) is 17.7. The van der Waals surface area contributed by atoms with Crippen LogP contribution in [0.4, 0.5) is 21.5 Å². The molecule has 0 unspecified atom stereocenters. The normalized spacial score (nSPS) is 29.6. The lowest BCUT2D eigenvalue weighted by molar-refractivity contribution is -0.160. The number of aromatic nitrogens is 1. The van der Waals surface area contributed by atoms with Crippen LogP contribution in [-0.2, 0) is 23.8 Å². The Hall–Kier alpha value is -6.67. The van der Waals surface area contributed by atoms with Crippen molar-refractivity contribution in [2.75, 3.05) is 55.0 Å². The van der Waals surface area contributed by atoms with E-state index in [1.54, 1.807) is 53.7 Å². The summed E-state index contributed by atoms with van der Waals surface area (Å²) in [7, 11) is 1.44. The van der Waals surface area contributed by atoms with E-state index in [1.807, 2.05) is 17.9 Å². The number of nitrogens with one attached hydrogen (secondary N) is 2. The number of hydrogen-bond acceptors (Lipinski definition) is 16. The van der Waals surface area contributed by atoms with E-state index in [0.717, 1.165) is 35.9 Å². The SMILES string of the molecule is CO[C@H]1/C=C/O[C@@]2(C)Oc3c(C)c(O)c4c(O)c(c(N5CCC(NC[C@@H]6CCN(c7c(F)cn8c(=O)c(C)cc(C9CC9)c8c7C)C6)CC5)c(O)c4c3C2=O)NC(=O)/C(C)=C\C=C\[C@H](C)[C@H](O)[C@@H](C)[C@@H](O)[C@@H](C)[C@H](OC(C)=O)[C@@H]1C. The maximum Gasteiger partial charge on any atom is 0.312 e. The molecule has 3 fully saturated rings. The summed E-state index contributed by atoms with van der Waals surface area (Å²) in [6.45, 7) is 18.9. The molecule has 1 saturated carbocycles. The first-order valence-corrected chi connectivity index (χ1v) is 28.0. The van der Waals surface area contributed by atoms with E-state index < -0.39 is 94.6 Å². The second-order valence-electron chi connectivity index (χ2n) is 23.4. The molecular formula is C61H78FN5O13. The molecule has 432 valence electrons. The van der Waals surface area contributed by atoms with Gasteiger partial charge in [0.15, 0.2) is 11.6 Å². The number of esters is 1. The second-order valence-corrected chi connectivity index (χ2v) is 23.4.